The van der Waals surface area contributed by atoms with E-state index in [0.29, 0.717) is 12.1 Å². The third-order valence-corrected chi connectivity index (χ3v) is 3.75. The van der Waals surface area contributed by atoms with Gasteiger partial charge in [0.2, 0.25) is 0 Å². The molecule has 1 N–H and O–H groups in total. The third kappa shape index (κ3) is 3.32. The summed E-state index contributed by atoms with van der Waals surface area (Å²) in [5, 5.41) is 6.95. The van der Waals surface area contributed by atoms with Gasteiger partial charge >= 0.3 is 0 Å². The average molecular weight is 276 g/mol. The Labute approximate surface area is 115 Å². The summed E-state index contributed by atoms with van der Waals surface area (Å²) in [4.78, 5) is 23.4. The van der Waals surface area contributed by atoms with Crippen molar-refractivity contribution in [1.29, 1.82) is 0 Å². The van der Waals surface area contributed by atoms with E-state index in [-0.39, 0.29) is 17.4 Å². The molecule has 0 aliphatic heterocycles. The fraction of sp³-hybridized carbons (Fsp3) is 0.286. The molecule has 0 spiro atoms. The van der Waals surface area contributed by atoms with Crippen LogP contribution in [0, 0.1) is 0 Å². The van der Waals surface area contributed by atoms with Crippen LogP contribution in [0.3, 0.4) is 0 Å². The Morgan fingerprint density at radius 1 is 1.47 bits per heavy atom. The number of carbonyl (C=O) groups excluding carboxylic acids is 1. The molecule has 0 aromatic carbocycles. The number of thiophene rings is 1. The molecule has 100 valence electrons. The highest BCUT2D eigenvalue weighted by Crippen LogP contribution is 2.17. The van der Waals surface area contributed by atoms with Crippen molar-refractivity contribution in [3.8, 4) is 0 Å². The Morgan fingerprint density at radius 3 is 2.89 bits per heavy atom. The maximum Gasteiger partial charge on any atom is 0.251 e. The van der Waals surface area contributed by atoms with Crippen LogP contribution in [0.4, 0.5) is 0 Å². The minimum atomic E-state index is -0.209. The highest BCUT2D eigenvalue weighted by Gasteiger charge is 2.10. The standard InChI is InChI=1S/C14H16N2O2S/c1-10(12-4-6-19-9-12)8-15-14(18)11-3-5-16(2)13(17)7-11/h3-7,9-10H,8H2,1-2H3,(H,15,18)/t10-/m0/s1. The number of rotatable bonds is 4. The minimum absolute atomic E-state index is 0.182. The molecule has 19 heavy (non-hydrogen) atoms. The Bertz CT molecular complexity index is 617. The van der Waals surface area contributed by atoms with Gasteiger partial charge in [0.05, 0.1) is 0 Å². The van der Waals surface area contributed by atoms with Gasteiger partial charge in [-0.1, -0.05) is 6.92 Å². The van der Waals surface area contributed by atoms with Gasteiger partial charge in [0.1, 0.15) is 0 Å². The molecule has 1 atom stereocenters. The first-order valence-electron chi connectivity index (χ1n) is 6.05. The van der Waals surface area contributed by atoms with E-state index in [1.54, 1.807) is 30.6 Å². The first-order chi connectivity index (χ1) is 9.08. The van der Waals surface area contributed by atoms with Crippen LogP contribution >= 0.6 is 11.3 Å². The topological polar surface area (TPSA) is 51.1 Å². The second-order valence-electron chi connectivity index (χ2n) is 4.53. The lowest BCUT2D eigenvalue weighted by molar-refractivity contribution is 0.0951. The maximum absolute atomic E-state index is 11.9. The van der Waals surface area contributed by atoms with Crippen molar-refractivity contribution in [3.63, 3.8) is 0 Å². The summed E-state index contributed by atoms with van der Waals surface area (Å²) in [7, 11) is 1.66. The van der Waals surface area contributed by atoms with Gasteiger partial charge in [-0.2, -0.15) is 11.3 Å². The predicted molar refractivity (Wildman–Crippen MR) is 76.8 cm³/mol. The van der Waals surface area contributed by atoms with E-state index in [4.69, 9.17) is 0 Å². The number of aryl methyl sites for hydroxylation is 1. The number of nitrogens with zero attached hydrogens (tertiary/aromatic N) is 1. The molecule has 0 bridgehead atoms. The lowest BCUT2D eigenvalue weighted by Gasteiger charge is -2.11. The summed E-state index contributed by atoms with van der Waals surface area (Å²) in [5.74, 6) is 0.0570. The maximum atomic E-state index is 11.9. The smallest absolute Gasteiger partial charge is 0.251 e. The number of hydrogen-bond acceptors (Lipinski definition) is 3. The van der Waals surface area contributed by atoms with Crippen LogP contribution < -0.4 is 10.9 Å². The van der Waals surface area contributed by atoms with Crippen LogP contribution in [0.25, 0.3) is 0 Å². The van der Waals surface area contributed by atoms with Crippen molar-refractivity contribution in [1.82, 2.24) is 9.88 Å². The Morgan fingerprint density at radius 2 is 2.26 bits per heavy atom. The first kappa shape index (κ1) is 13.5. The normalized spacial score (nSPS) is 12.1. The molecule has 2 rings (SSSR count). The molecule has 4 nitrogen and oxygen atoms in total. The van der Waals surface area contributed by atoms with Gasteiger partial charge in [0.15, 0.2) is 0 Å². The molecule has 0 saturated heterocycles. The molecular weight excluding hydrogens is 260 g/mol. The SMILES string of the molecule is C[C@@H](CNC(=O)c1ccn(C)c(=O)c1)c1ccsc1. The Hall–Kier alpha value is -1.88. The molecule has 2 heterocycles. The summed E-state index contributed by atoms with van der Waals surface area (Å²) < 4.78 is 1.44. The van der Waals surface area contributed by atoms with E-state index in [1.807, 2.05) is 5.38 Å². The van der Waals surface area contributed by atoms with Gasteiger partial charge in [-0.25, -0.2) is 0 Å². The van der Waals surface area contributed by atoms with E-state index in [1.165, 1.54) is 16.2 Å². The quantitative estimate of drug-likeness (QED) is 0.928. The van der Waals surface area contributed by atoms with E-state index in [9.17, 15) is 9.59 Å². The lowest BCUT2D eigenvalue weighted by atomic mass is 10.1. The van der Waals surface area contributed by atoms with Gasteiger partial charge in [-0.15, -0.1) is 0 Å². The number of pyridine rings is 1. The van der Waals surface area contributed by atoms with E-state index in [0.717, 1.165) is 0 Å². The van der Waals surface area contributed by atoms with Crippen LogP contribution in [0.2, 0.25) is 0 Å². The van der Waals surface area contributed by atoms with Crippen LogP contribution in [-0.2, 0) is 7.05 Å². The van der Waals surface area contributed by atoms with Gasteiger partial charge < -0.3 is 9.88 Å². The molecule has 2 aromatic heterocycles. The van der Waals surface area contributed by atoms with Gasteiger partial charge in [-0.3, -0.25) is 9.59 Å². The third-order valence-electron chi connectivity index (χ3n) is 3.05. The second-order valence-corrected chi connectivity index (χ2v) is 5.31. The summed E-state index contributed by atoms with van der Waals surface area (Å²) >= 11 is 1.65. The van der Waals surface area contributed by atoms with Crippen molar-refractivity contribution < 1.29 is 4.79 Å². The summed E-state index contributed by atoms with van der Waals surface area (Å²) in [6.07, 6.45) is 1.60. The first-order valence-corrected chi connectivity index (χ1v) is 6.99. The van der Waals surface area contributed by atoms with Crippen LogP contribution in [0.1, 0.15) is 28.8 Å². The number of hydrogen-bond donors (Lipinski definition) is 1. The van der Waals surface area contributed by atoms with Gasteiger partial charge in [0, 0.05) is 31.4 Å². The monoisotopic (exact) mass is 276 g/mol. The highest BCUT2D eigenvalue weighted by atomic mass is 32.1. The average Bonchev–Trinajstić information content (AvgIpc) is 2.92. The van der Waals surface area contributed by atoms with E-state index < -0.39 is 0 Å². The summed E-state index contributed by atoms with van der Waals surface area (Å²) in [6, 6.07) is 5.05. The lowest BCUT2D eigenvalue weighted by Crippen LogP contribution is -2.29. The number of aromatic nitrogens is 1. The minimum Gasteiger partial charge on any atom is -0.351 e. The van der Waals surface area contributed by atoms with Crippen molar-refractivity contribution in [2.24, 2.45) is 7.05 Å². The zero-order valence-corrected chi connectivity index (χ0v) is 11.7. The molecule has 0 radical (unpaired) electrons. The molecule has 0 saturated carbocycles. The van der Waals surface area contributed by atoms with E-state index >= 15 is 0 Å². The Kier molecular flexibility index (Phi) is 4.16. The predicted octanol–water partition coefficient (Wildman–Crippen LogP) is 1.98. The van der Waals surface area contributed by atoms with Crippen molar-refractivity contribution in [3.05, 3.63) is 56.6 Å². The molecule has 0 unspecified atom stereocenters. The number of nitrogens with one attached hydrogen (secondary N) is 1. The Balaban J connectivity index is 1.98. The van der Waals surface area contributed by atoms with Crippen LogP contribution in [0.5, 0.6) is 0 Å². The zero-order chi connectivity index (χ0) is 13.8. The van der Waals surface area contributed by atoms with Gasteiger partial charge in [-0.05, 0) is 34.4 Å². The zero-order valence-electron chi connectivity index (χ0n) is 10.9. The van der Waals surface area contributed by atoms with Crippen molar-refractivity contribution in [2.45, 2.75) is 12.8 Å². The second kappa shape index (κ2) is 5.84. The van der Waals surface area contributed by atoms with Crippen LogP contribution in [-0.4, -0.2) is 17.0 Å². The molecular formula is C14H16N2O2S. The summed E-state index contributed by atoms with van der Waals surface area (Å²) in [6.45, 7) is 2.62. The molecule has 5 heteroatoms. The molecule has 2 aromatic rings. The summed E-state index contributed by atoms with van der Waals surface area (Å²) in [5.41, 5.74) is 1.44. The van der Waals surface area contributed by atoms with Crippen LogP contribution in [0.15, 0.2) is 40.0 Å². The molecule has 1 amide bonds. The fourth-order valence-corrected chi connectivity index (χ4v) is 2.49. The molecule has 0 aliphatic rings. The van der Waals surface area contributed by atoms with Crippen molar-refractivity contribution >= 4 is 17.2 Å². The largest absolute Gasteiger partial charge is 0.351 e. The van der Waals surface area contributed by atoms with E-state index in [2.05, 4.69) is 23.7 Å². The van der Waals surface area contributed by atoms with Gasteiger partial charge in [0.25, 0.3) is 11.5 Å². The number of amides is 1. The highest BCUT2D eigenvalue weighted by molar-refractivity contribution is 7.07. The fourth-order valence-electron chi connectivity index (χ4n) is 1.71. The number of carbonyl (C=O) groups is 1. The van der Waals surface area contributed by atoms with Crippen molar-refractivity contribution in [2.75, 3.05) is 6.54 Å². The molecule has 0 aliphatic carbocycles. The molecule has 0 fully saturated rings.